The molecule has 2 aromatic rings. The third-order valence-electron chi connectivity index (χ3n) is 5.25. The van der Waals surface area contributed by atoms with E-state index in [1.54, 1.807) is 12.3 Å². The minimum absolute atomic E-state index is 0.132. The molecule has 1 aromatic heterocycles. The molecule has 1 saturated heterocycles. The largest absolute Gasteiger partial charge is 0.354 e. The molecule has 0 aliphatic carbocycles. The number of carbonyl (C=O) groups is 2. The van der Waals surface area contributed by atoms with Gasteiger partial charge in [-0.1, -0.05) is 37.0 Å². The van der Waals surface area contributed by atoms with E-state index >= 15 is 0 Å². The van der Waals surface area contributed by atoms with Crippen molar-refractivity contribution in [3.05, 3.63) is 52.1 Å². The summed E-state index contributed by atoms with van der Waals surface area (Å²) in [6.07, 6.45) is 1.64. The van der Waals surface area contributed by atoms with Gasteiger partial charge in [-0.25, -0.2) is 4.98 Å². The highest BCUT2D eigenvalue weighted by molar-refractivity contribution is 6.36. The number of pyridine rings is 1. The van der Waals surface area contributed by atoms with Crippen LogP contribution in [0.2, 0.25) is 10.0 Å². The van der Waals surface area contributed by atoms with Crippen LogP contribution in [0.1, 0.15) is 24.2 Å². The second kappa shape index (κ2) is 10.3. The topological polar surface area (TPSA) is 77.6 Å². The van der Waals surface area contributed by atoms with E-state index in [0.29, 0.717) is 10.7 Å². The molecule has 1 fully saturated rings. The number of carbonyl (C=O) groups excluding carboxylic acids is 2. The van der Waals surface area contributed by atoms with Crippen molar-refractivity contribution in [2.45, 2.75) is 19.9 Å². The third-order valence-corrected chi connectivity index (χ3v) is 5.80. The number of rotatable bonds is 6. The fourth-order valence-corrected chi connectivity index (χ4v) is 3.82. The fraction of sp³-hybridized carbons (Fsp3) is 0.409. The Morgan fingerprint density at radius 1 is 1.06 bits per heavy atom. The lowest BCUT2D eigenvalue weighted by Gasteiger charge is -2.33. The van der Waals surface area contributed by atoms with E-state index in [4.69, 9.17) is 23.2 Å². The molecule has 0 unspecified atom stereocenters. The molecule has 1 aromatic carbocycles. The second-order valence-electron chi connectivity index (χ2n) is 8.00. The van der Waals surface area contributed by atoms with Gasteiger partial charge in [-0.2, -0.15) is 0 Å². The number of hydrogen-bond acceptors (Lipinski definition) is 5. The normalized spacial score (nSPS) is 15.6. The van der Waals surface area contributed by atoms with Crippen molar-refractivity contribution < 1.29 is 9.59 Å². The van der Waals surface area contributed by atoms with Crippen molar-refractivity contribution >= 4 is 46.5 Å². The molecule has 1 aliphatic rings. The molecule has 0 spiro atoms. The van der Waals surface area contributed by atoms with Gasteiger partial charge in [0.05, 0.1) is 22.5 Å². The van der Waals surface area contributed by atoms with Crippen LogP contribution in [0.25, 0.3) is 0 Å². The highest BCUT2D eigenvalue weighted by atomic mass is 35.5. The number of piperazine rings is 1. The first-order chi connectivity index (χ1) is 14.7. The van der Waals surface area contributed by atoms with Crippen LogP contribution in [0.4, 0.5) is 11.5 Å². The molecule has 3 rings (SSSR count). The van der Waals surface area contributed by atoms with E-state index in [1.165, 1.54) is 12.1 Å². The first kappa shape index (κ1) is 23.3. The maximum Gasteiger partial charge on any atom is 0.253 e. The van der Waals surface area contributed by atoms with E-state index in [0.717, 1.165) is 32.0 Å². The highest BCUT2D eigenvalue weighted by Gasteiger charge is 2.26. The van der Waals surface area contributed by atoms with E-state index in [2.05, 4.69) is 32.5 Å². The number of benzene rings is 1. The Hall–Kier alpha value is -2.35. The monoisotopic (exact) mass is 463 g/mol. The minimum Gasteiger partial charge on any atom is -0.354 e. The van der Waals surface area contributed by atoms with Crippen LogP contribution >= 0.6 is 23.2 Å². The zero-order chi connectivity index (χ0) is 22.5. The lowest BCUT2D eigenvalue weighted by molar-refractivity contribution is -0.118. The van der Waals surface area contributed by atoms with Crippen LogP contribution in [-0.4, -0.2) is 61.0 Å². The molecule has 7 nitrogen and oxygen atoms in total. The molecule has 0 radical (unpaired) electrons. The fourth-order valence-electron chi connectivity index (χ4n) is 3.33. The van der Waals surface area contributed by atoms with Gasteiger partial charge in [-0.3, -0.25) is 9.59 Å². The molecule has 0 bridgehead atoms. The Kier molecular flexibility index (Phi) is 7.75. The average molecular weight is 464 g/mol. The van der Waals surface area contributed by atoms with Crippen molar-refractivity contribution in [1.29, 1.82) is 0 Å². The molecule has 166 valence electrons. The minimum atomic E-state index is -0.739. The molecular weight excluding hydrogens is 437 g/mol. The summed E-state index contributed by atoms with van der Waals surface area (Å²) < 4.78 is 0. The Morgan fingerprint density at radius 3 is 2.35 bits per heavy atom. The van der Waals surface area contributed by atoms with Crippen LogP contribution in [-0.2, 0) is 4.79 Å². The van der Waals surface area contributed by atoms with Gasteiger partial charge in [-0.05, 0) is 43.3 Å². The van der Waals surface area contributed by atoms with Crippen molar-refractivity contribution in [3.8, 4) is 0 Å². The first-order valence-corrected chi connectivity index (χ1v) is 11.0. The maximum atomic E-state index is 12.9. The van der Waals surface area contributed by atoms with Crippen LogP contribution < -0.4 is 15.5 Å². The molecule has 0 saturated carbocycles. The van der Waals surface area contributed by atoms with Crippen molar-refractivity contribution in [1.82, 2.24) is 15.2 Å². The molecule has 2 N–H and O–H groups in total. The van der Waals surface area contributed by atoms with Gasteiger partial charge in [0.25, 0.3) is 5.91 Å². The van der Waals surface area contributed by atoms with Crippen LogP contribution in [0.15, 0.2) is 36.5 Å². The predicted octanol–water partition coefficient (Wildman–Crippen LogP) is 3.53. The number of hydrogen-bond donors (Lipinski definition) is 2. The number of amides is 2. The summed E-state index contributed by atoms with van der Waals surface area (Å²) in [6.45, 7) is 7.56. The number of anilines is 2. The zero-order valence-corrected chi connectivity index (χ0v) is 19.4. The summed E-state index contributed by atoms with van der Waals surface area (Å²) >= 11 is 12.0. The van der Waals surface area contributed by atoms with E-state index < -0.39 is 11.9 Å². The van der Waals surface area contributed by atoms with Gasteiger partial charge in [0.15, 0.2) is 0 Å². The Balaban J connectivity index is 1.64. The summed E-state index contributed by atoms with van der Waals surface area (Å²) in [4.78, 5) is 34.5. The van der Waals surface area contributed by atoms with Gasteiger partial charge in [0, 0.05) is 31.2 Å². The molecular formula is C22H27Cl2N5O2. The van der Waals surface area contributed by atoms with E-state index in [9.17, 15) is 9.59 Å². The van der Waals surface area contributed by atoms with Crippen LogP contribution in [0, 0.1) is 5.92 Å². The second-order valence-corrected chi connectivity index (χ2v) is 8.85. The zero-order valence-electron chi connectivity index (χ0n) is 17.9. The van der Waals surface area contributed by atoms with Gasteiger partial charge < -0.3 is 20.4 Å². The number of nitrogens with zero attached hydrogens (tertiary/aromatic N) is 3. The van der Waals surface area contributed by atoms with Gasteiger partial charge >= 0.3 is 0 Å². The molecule has 2 heterocycles. The highest BCUT2D eigenvalue weighted by Crippen LogP contribution is 2.22. The van der Waals surface area contributed by atoms with Crippen LogP contribution in [0.3, 0.4) is 0 Å². The Bertz CT molecular complexity index is 928. The van der Waals surface area contributed by atoms with Crippen molar-refractivity contribution in [2.24, 2.45) is 5.92 Å². The number of nitrogens with one attached hydrogen (secondary N) is 2. The average Bonchev–Trinajstić information content (AvgIpc) is 2.72. The Labute approximate surface area is 192 Å². The lowest BCUT2D eigenvalue weighted by Crippen LogP contribution is -2.47. The van der Waals surface area contributed by atoms with Gasteiger partial charge in [0.1, 0.15) is 11.9 Å². The van der Waals surface area contributed by atoms with E-state index in [1.807, 2.05) is 26.0 Å². The maximum absolute atomic E-state index is 12.9. The van der Waals surface area contributed by atoms with Crippen LogP contribution in [0.5, 0.6) is 0 Å². The third kappa shape index (κ3) is 6.09. The quantitative estimate of drug-likeness (QED) is 0.684. The van der Waals surface area contributed by atoms with Gasteiger partial charge in [0.2, 0.25) is 5.91 Å². The molecule has 1 atom stereocenters. The standard InChI is InChI=1S/C22H27Cl2N5O2/c1-14(2)20(27-21(30)17-6-4-15(23)12-18(17)24)22(31)26-16-5-7-19(25-13-16)29-10-8-28(3)9-11-29/h4-7,12-14,20H,8-11H2,1-3H3,(H,26,31)(H,27,30)/t20-/m1/s1. The van der Waals surface area contributed by atoms with E-state index in [-0.39, 0.29) is 22.4 Å². The SMILES string of the molecule is CC(C)[C@@H](NC(=O)c1ccc(Cl)cc1Cl)C(=O)Nc1ccc(N2CCN(C)CC2)nc1. The molecule has 2 amide bonds. The molecule has 31 heavy (non-hydrogen) atoms. The summed E-state index contributed by atoms with van der Waals surface area (Å²) in [6, 6.07) is 7.61. The summed E-state index contributed by atoms with van der Waals surface area (Å²) in [7, 11) is 2.11. The Morgan fingerprint density at radius 2 is 1.77 bits per heavy atom. The number of likely N-dealkylation sites (N-methyl/N-ethyl adjacent to an activating group) is 1. The number of halogens is 2. The lowest BCUT2D eigenvalue weighted by atomic mass is 10.0. The van der Waals surface area contributed by atoms with Crippen molar-refractivity contribution in [3.63, 3.8) is 0 Å². The summed E-state index contributed by atoms with van der Waals surface area (Å²) in [5.74, 6) is 0.00595. The smallest absolute Gasteiger partial charge is 0.253 e. The van der Waals surface area contributed by atoms with Crippen molar-refractivity contribution in [2.75, 3.05) is 43.4 Å². The molecule has 1 aliphatic heterocycles. The summed E-state index contributed by atoms with van der Waals surface area (Å²) in [5.41, 5.74) is 0.843. The summed E-state index contributed by atoms with van der Waals surface area (Å²) in [5, 5.41) is 6.28. The number of aromatic nitrogens is 1. The predicted molar refractivity (Wildman–Crippen MR) is 125 cm³/mol. The van der Waals surface area contributed by atoms with Gasteiger partial charge in [-0.15, -0.1) is 0 Å². The molecule has 9 heteroatoms. The first-order valence-electron chi connectivity index (χ1n) is 10.2.